The maximum absolute atomic E-state index is 6.52. The fourth-order valence-corrected chi connectivity index (χ4v) is 3.92. The molecular formula is C24H33B5N6O2. The van der Waals surface area contributed by atoms with Crippen molar-refractivity contribution in [2.75, 3.05) is 12.4 Å². The SMILES string of the molecule is BC(B)(B)C(B)(B)Oc1ncccc1-c1cc(NCc2cccnc2OC)c2c(n1)c(C)nn2C(C)C. The van der Waals surface area contributed by atoms with Crippen LogP contribution in [0.5, 0.6) is 11.8 Å². The van der Waals surface area contributed by atoms with Crippen LogP contribution in [0.15, 0.2) is 42.7 Å². The number of nitrogens with one attached hydrogen (secondary N) is 1. The van der Waals surface area contributed by atoms with Crippen molar-refractivity contribution in [3.63, 3.8) is 0 Å². The first-order valence-electron chi connectivity index (χ1n) is 12.7. The van der Waals surface area contributed by atoms with Gasteiger partial charge in [0.25, 0.3) is 0 Å². The van der Waals surface area contributed by atoms with E-state index in [2.05, 4.69) is 74.4 Å². The van der Waals surface area contributed by atoms with Crippen molar-refractivity contribution < 1.29 is 9.47 Å². The van der Waals surface area contributed by atoms with Gasteiger partial charge >= 0.3 is 0 Å². The molecule has 0 aliphatic rings. The Bertz CT molecular complexity index is 1420. The zero-order valence-electron chi connectivity index (χ0n) is 23.4. The number of aromatic nitrogens is 5. The van der Waals surface area contributed by atoms with Crippen molar-refractivity contribution in [1.29, 1.82) is 0 Å². The molecule has 4 aromatic heterocycles. The van der Waals surface area contributed by atoms with Gasteiger partial charge in [-0.2, -0.15) is 5.10 Å². The summed E-state index contributed by atoms with van der Waals surface area (Å²) >= 11 is 0. The van der Waals surface area contributed by atoms with Crippen LogP contribution in [0.4, 0.5) is 5.69 Å². The van der Waals surface area contributed by atoms with Crippen LogP contribution in [-0.4, -0.2) is 76.5 Å². The van der Waals surface area contributed by atoms with Crippen molar-refractivity contribution in [3.05, 3.63) is 54.0 Å². The normalized spacial score (nSPS) is 12.1. The van der Waals surface area contributed by atoms with Gasteiger partial charge in [0, 0.05) is 35.9 Å². The lowest BCUT2D eigenvalue weighted by atomic mass is 9.28. The number of pyridine rings is 3. The molecule has 0 atom stereocenters. The third-order valence-corrected chi connectivity index (χ3v) is 7.03. The summed E-state index contributed by atoms with van der Waals surface area (Å²) in [4.78, 5) is 14.0. The predicted octanol–water partition coefficient (Wildman–Crippen LogP) is -0.330. The number of nitrogens with zero attached hydrogens (tertiary/aromatic N) is 5. The van der Waals surface area contributed by atoms with Gasteiger partial charge in [-0.15, -0.1) is 0 Å². The van der Waals surface area contributed by atoms with Gasteiger partial charge in [0.05, 0.1) is 53.3 Å². The molecule has 8 nitrogen and oxygen atoms in total. The van der Waals surface area contributed by atoms with Gasteiger partial charge in [-0.25, -0.2) is 15.0 Å². The minimum absolute atomic E-state index is 0.0936. The average Bonchev–Trinajstić information content (AvgIpc) is 3.19. The molecule has 0 radical (unpaired) electrons. The van der Waals surface area contributed by atoms with E-state index in [9.17, 15) is 0 Å². The zero-order chi connectivity index (χ0) is 27.0. The van der Waals surface area contributed by atoms with E-state index in [0.29, 0.717) is 18.3 Å². The van der Waals surface area contributed by atoms with Crippen molar-refractivity contribution in [1.82, 2.24) is 24.7 Å². The van der Waals surface area contributed by atoms with Gasteiger partial charge in [0.1, 0.15) is 26.7 Å². The monoisotopic (exact) mass is 492 g/mol. The smallest absolute Gasteiger partial charge is 0.221 e. The summed E-state index contributed by atoms with van der Waals surface area (Å²) in [7, 11) is 12.3. The summed E-state index contributed by atoms with van der Waals surface area (Å²) < 4.78 is 14.0. The first-order chi connectivity index (χ1) is 17.4. The van der Waals surface area contributed by atoms with Crippen LogP contribution in [0.3, 0.4) is 0 Å². The van der Waals surface area contributed by atoms with Gasteiger partial charge < -0.3 is 14.8 Å². The minimum Gasteiger partial charge on any atom is -0.491 e. The summed E-state index contributed by atoms with van der Waals surface area (Å²) in [6, 6.07) is 10.1. The summed E-state index contributed by atoms with van der Waals surface area (Å²) in [6.07, 6.45) is 3.48. The van der Waals surface area contributed by atoms with Crippen LogP contribution < -0.4 is 14.8 Å². The Labute approximate surface area is 223 Å². The number of fused-ring (bicyclic) bond motifs is 1. The molecule has 13 heteroatoms. The van der Waals surface area contributed by atoms with Crippen molar-refractivity contribution in [2.45, 2.75) is 43.9 Å². The second-order valence-electron chi connectivity index (χ2n) is 11.1. The molecule has 0 saturated heterocycles. The van der Waals surface area contributed by atoms with Crippen LogP contribution in [0.2, 0.25) is 5.11 Å². The van der Waals surface area contributed by atoms with E-state index in [-0.39, 0.29) is 11.2 Å². The number of aryl methyl sites for hydroxylation is 1. The predicted molar refractivity (Wildman–Crippen MR) is 163 cm³/mol. The van der Waals surface area contributed by atoms with E-state index >= 15 is 0 Å². The van der Waals surface area contributed by atoms with Gasteiger partial charge in [-0.05, 0) is 45.0 Å². The van der Waals surface area contributed by atoms with Crippen LogP contribution >= 0.6 is 0 Å². The molecular weight excluding hydrogens is 458 g/mol. The van der Waals surface area contributed by atoms with Crippen molar-refractivity contribution in [3.8, 4) is 23.0 Å². The first kappa shape index (κ1) is 26.7. The Morgan fingerprint density at radius 2 is 1.70 bits per heavy atom. The quantitative estimate of drug-likeness (QED) is 0.321. The largest absolute Gasteiger partial charge is 0.491 e. The van der Waals surface area contributed by atoms with E-state index in [1.807, 2.05) is 35.9 Å². The molecule has 0 aromatic carbocycles. The summed E-state index contributed by atoms with van der Waals surface area (Å²) in [5.41, 5.74) is 6.16. The zero-order valence-corrected chi connectivity index (χ0v) is 23.4. The number of hydrogen-bond acceptors (Lipinski definition) is 7. The first-order valence-corrected chi connectivity index (χ1v) is 12.7. The maximum atomic E-state index is 6.52. The molecule has 186 valence electrons. The lowest BCUT2D eigenvalue weighted by Crippen LogP contribution is -2.51. The molecule has 4 rings (SSSR count). The molecule has 0 spiro atoms. The third kappa shape index (κ3) is 5.36. The summed E-state index contributed by atoms with van der Waals surface area (Å²) in [5, 5.41) is 7.88. The molecule has 0 unspecified atom stereocenters. The van der Waals surface area contributed by atoms with Crippen LogP contribution in [-0.2, 0) is 6.54 Å². The summed E-state index contributed by atoms with van der Waals surface area (Å²) in [6.45, 7) is 6.77. The fraction of sp³-hybridized carbons (Fsp3) is 0.333. The van der Waals surface area contributed by atoms with Crippen LogP contribution in [0.25, 0.3) is 22.3 Å². The number of rotatable bonds is 9. The lowest BCUT2D eigenvalue weighted by molar-refractivity contribution is 0.233. The van der Waals surface area contributed by atoms with E-state index in [1.54, 1.807) is 19.5 Å². The fourth-order valence-electron chi connectivity index (χ4n) is 3.92. The topological polar surface area (TPSA) is 87.0 Å². The second-order valence-corrected chi connectivity index (χ2v) is 11.1. The Hall–Kier alpha value is -3.36. The minimum atomic E-state index is -0.448. The van der Waals surface area contributed by atoms with Gasteiger partial charge in [0.15, 0.2) is 0 Å². The molecule has 4 aromatic rings. The molecule has 37 heavy (non-hydrogen) atoms. The van der Waals surface area contributed by atoms with Gasteiger partial charge in [-0.3, -0.25) is 4.68 Å². The van der Waals surface area contributed by atoms with E-state index in [1.165, 1.54) is 0 Å². The highest BCUT2D eigenvalue weighted by molar-refractivity contribution is 6.66. The number of methoxy groups -OCH3 is 1. The lowest BCUT2D eigenvalue weighted by Gasteiger charge is -2.40. The van der Waals surface area contributed by atoms with Crippen LogP contribution in [0, 0.1) is 6.92 Å². The Morgan fingerprint density at radius 3 is 2.35 bits per heavy atom. The molecule has 4 heterocycles. The Morgan fingerprint density at radius 1 is 1.03 bits per heavy atom. The highest BCUT2D eigenvalue weighted by Gasteiger charge is 2.35. The number of anilines is 1. The Balaban J connectivity index is 1.85. The molecule has 0 saturated carbocycles. The molecule has 0 aliphatic carbocycles. The highest BCUT2D eigenvalue weighted by atomic mass is 16.5. The summed E-state index contributed by atoms with van der Waals surface area (Å²) in [5.74, 6) is 1.16. The van der Waals surface area contributed by atoms with E-state index in [0.717, 1.165) is 39.2 Å². The second kappa shape index (κ2) is 10.2. The van der Waals surface area contributed by atoms with E-state index in [4.69, 9.17) is 19.6 Å². The Kier molecular flexibility index (Phi) is 7.35. The molecule has 0 bridgehead atoms. The van der Waals surface area contributed by atoms with Crippen molar-refractivity contribution in [2.24, 2.45) is 0 Å². The third-order valence-electron chi connectivity index (χ3n) is 7.03. The maximum Gasteiger partial charge on any atom is 0.221 e. The standard InChI is InChI=1S/C24H33B5N6O2/c1-13(2)35-20-18(32-12-15-7-5-9-30-21(15)36-4)11-17(33-19(20)14(3)34-35)16-8-6-10-31-22(16)37-24(28,29)23(25,26)27/h5-11,13H,12,25-29H2,1-4H3,(H,32,33). The van der Waals surface area contributed by atoms with Crippen molar-refractivity contribution >= 4 is 56.0 Å². The number of ether oxygens (including phenoxy) is 2. The van der Waals surface area contributed by atoms with Crippen LogP contribution in [0.1, 0.15) is 31.1 Å². The number of hydrogen-bond donors (Lipinski definition) is 1. The van der Waals surface area contributed by atoms with Gasteiger partial charge in [-0.1, -0.05) is 11.2 Å². The molecule has 0 amide bonds. The molecule has 0 fully saturated rings. The highest BCUT2D eigenvalue weighted by Crippen LogP contribution is 2.37. The average molecular weight is 492 g/mol. The molecule has 0 aliphatic heterocycles. The van der Waals surface area contributed by atoms with Gasteiger partial charge in [0.2, 0.25) is 11.8 Å². The van der Waals surface area contributed by atoms with E-state index < -0.39 is 5.40 Å². The molecule has 1 N–H and O–H groups in total.